The molecule has 0 spiro atoms. The Labute approximate surface area is 182 Å². The Morgan fingerprint density at radius 1 is 1.20 bits per heavy atom. The third-order valence-corrected chi connectivity index (χ3v) is 5.88. The van der Waals surface area contributed by atoms with E-state index in [1.54, 1.807) is 6.20 Å². The Bertz CT molecular complexity index is 911. The molecule has 2 heterocycles. The van der Waals surface area contributed by atoms with E-state index in [0.717, 1.165) is 60.8 Å². The van der Waals surface area contributed by atoms with Gasteiger partial charge in [0.25, 0.3) is 0 Å². The summed E-state index contributed by atoms with van der Waals surface area (Å²) in [5, 5.41) is 3.82. The molecule has 1 aliphatic heterocycles. The van der Waals surface area contributed by atoms with Gasteiger partial charge in [-0.1, -0.05) is 17.7 Å². The summed E-state index contributed by atoms with van der Waals surface area (Å²) in [6.07, 6.45) is 5.26. The molecule has 2 aromatic rings. The number of nitrogens with zero attached hydrogens (tertiary/aromatic N) is 3. The van der Waals surface area contributed by atoms with Crippen molar-refractivity contribution in [3.63, 3.8) is 0 Å². The van der Waals surface area contributed by atoms with Crippen molar-refractivity contribution >= 4 is 28.9 Å². The van der Waals surface area contributed by atoms with Crippen LogP contribution in [-0.2, 0) is 11.3 Å². The fourth-order valence-electron chi connectivity index (χ4n) is 4.11. The van der Waals surface area contributed by atoms with E-state index in [2.05, 4.69) is 22.2 Å². The highest BCUT2D eigenvalue weighted by Gasteiger charge is 2.27. The number of nitrogens with one attached hydrogen (secondary N) is 1. The monoisotopic (exact) mass is 426 g/mol. The number of carbonyl (C=O) groups is 1. The SMILES string of the molecule is CN1CC(CNC(=O)C2CCC(Oc3ccccn3)CC2)=Nc2ccc(Cl)cc2C1. The first kappa shape index (κ1) is 20.8. The number of benzene rings is 1. The fourth-order valence-corrected chi connectivity index (χ4v) is 4.31. The molecule has 6 nitrogen and oxygen atoms in total. The lowest BCUT2D eigenvalue weighted by Crippen LogP contribution is -2.39. The van der Waals surface area contributed by atoms with E-state index in [1.165, 1.54) is 0 Å². The highest BCUT2D eigenvalue weighted by atomic mass is 35.5. The van der Waals surface area contributed by atoms with Crippen LogP contribution in [0.25, 0.3) is 0 Å². The Morgan fingerprint density at radius 3 is 2.80 bits per heavy atom. The highest BCUT2D eigenvalue weighted by Crippen LogP contribution is 2.28. The zero-order valence-electron chi connectivity index (χ0n) is 17.2. The molecule has 1 amide bonds. The van der Waals surface area contributed by atoms with Gasteiger partial charge < -0.3 is 10.1 Å². The Balaban J connectivity index is 1.29. The summed E-state index contributed by atoms with van der Waals surface area (Å²) in [6, 6.07) is 11.4. The number of halogens is 1. The molecule has 0 saturated heterocycles. The molecule has 1 fully saturated rings. The quantitative estimate of drug-likeness (QED) is 0.784. The first-order valence-corrected chi connectivity index (χ1v) is 10.8. The van der Waals surface area contributed by atoms with Crippen LogP contribution in [0.15, 0.2) is 47.6 Å². The van der Waals surface area contributed by atoms with Gasteiger partial charge in [-0.3, -0.25) is 14.7 Å². The topological polar surface area (TPSA) is 66.8 Å². The number of fused-ring (bicyclic) bond motifs is 1. The minimum absolute atomic E-state index is 0.0313. The van der Waals surface area contributed by atoms with E-state index < -0.39 is 0 Å². The number of carbonyl (C=O) groups excluding carboxylic acids is 1. The summed E-state index contributed by atoms with van der Waals surface area (Å²) in [7, 11) is 2.05. The molecular weight excluding hydrogens is 400 g/mol. The average Bonchev–Trinajstić information content (AvgIpc) is 2.90. The number of hydrogen-bond donors (Lipinski definition) is 1. The minimum atomic E-state index is 0.0313. The molecule has 0 bridgehead atoms. The molecule has 4 rings (SSSR count). The normalized spacial score (nSPS) is 21.9. The molecule has 30 heavy (non-hydrogen) atoms. The summed E-state index contributed by atoms with van der Waals surface area (Å²) in [6.45, 7) is 1.98. The van der Waals surface area contributed by atoms with Gasteiger partial charge in [0.05, 0.1) is 17.9 Å². The summed E-state index contributed by atoms with van der Waals surface area (Å²) >= 11 is 6.12. The van der Waals surface area contributed by atoms with E-state index in [-0.39, 0.29) is 17.9 Å². The Hall–Kier alpha value is -2.44. The van der Waals surface area contributed by atoms with E-state index in [1.807, 2.05) is 36.4 Å². The van der Waals surface area contributed by atoms with Crippen LogP contribution in [-0.4, -0.2) is 47.7 Å². The maximum atomic E-state index is 12.7. The number of aliphatic imine (C=N–C) groups is 1. The van der Waals surface area contributed by atoms with Crippen molar-refractivity contribution in [2.75, 3.05) is 20.1 Å². The van der Waals surface area contributed by atoms with Crippen LogP contribution >= 0.6 is 11.6 Å². The number of aromatic nitrogens is 1. The maximum Gasteiger partial charge on any atom is 0.223 e. The summed E-state index contributed by atoms with van der Waals surface area (Å²) in [5.41, 5.74) is 3.00. The highest BCUT2D eigenvalue weighted by molar-refractivity contribution is 6.30. The van der Waals surface area contributed by atoms with E-state index in [4.69, 9.17) is 21.3 Å². The lowest BCUT2D eigenvalue weighted by molar-refractivity contribution is -0.126. The van der Waals surface area contributed by atoms with Gasteiger partial charge in [0.15, 0.2) is 0 Å². The second-order valence-electron chi connectivity index (χ2n) is 8.10. The number of rotatable bonds is 5. The van der Waals surface area contributed by atoms with E-state index in [0.29, 0.717) is 12.4 Å². The lowest BCUT2D eigenvalue weighted by atomic mass is 9.86. The van der Waals surface area contributed by atoms with Gasteiger partial charge >= 0.3 is 0 Å². The maximum absolute atomic E-state index is 12.7. The summed E-state index contributed by atoms with van der Waals surface area (Å²) in [5.74, 6) is 0.795. The van der Waals surface area contributed by atoms with Gasteiger partial charge in [0.2, 0.25) is 11.8 Å². The van der Waals surface area contributed by atoms with Crippen molar-refractivity contribution in [1.82, 2.24) is 15.2 Å². The first-order chi connectivity index (χ1) is 14.6. The van der Waals surface area contributed by atoms with Gasteiger partial charge in [-0.15, -0.1) is 0 Å². The largest absolute Gasteiger partial charge is 0.474 e. The van der Waals surface area contributed by atoms with Crippen LogP contribution in [0.1, 0.15) is 31.2 Å². The van der Waals surface area contributed by atoms with Crippen LogP contribution in [0.4, 0.5) is 5.69 Å². The predicted molar refractivity (Wildman–Crippen MR) is 119 cm³/mol. The molecule has 1 saturated carbocycles. The predicted octanol–water partition coefficient (Wildman–Crippen LogP) is 4.01. The standard InChI is InChI=1S/C23H27ClN4O2/c1-28-14-17-12-18(24)7-10-21(17)27-19(15-28)13-26-23(29)16-5-8-20(9-6-16)30-22-4-2-3-11-25-22/h2-4,7,10-12,16,20H,5-6,8-9,13-15H2,1H3,(H,26,29). The summed E-state index contributed by atoms with van der Waals surface area (Å²) < 4.78 is 5.93. The smallest absolute Gasteiger partial charge is 0.223 e. The summed E-state index contributed by atoms with van der Waals surface area (Å²) in [4.78, 5) is 23.9. The number of amides is 1. The van der Waals surface area contributed by atoms with E-state index in [9.17, 15) is 4.79 Å². The van der Waals surface area contributed by atoms with Crippen molar-refractivity contribution in [2.24, 2.45) is 10.9 Å². The molecule has 1 aromatic carbocycles. The van der Waals surface area contributed by atoms with Crippen molar-refractivity contribution < 1.29 is 9.53 Å². The molecule has 2 aliphatic rings. The molecule has 0 radical (unpaired) electrons. The van der Waals surface area contributed by atoms with Gasteiger partial charge in [0, 0.05) is 36.3 Å². The van der Waals surface area contributed by atoms with Crippen LogP contribution < -0.4 is 10.1 Å². The molecule has 1 N–H and O–H groups in total. The molecule has 0 unspecified atom stereocenters. The zero-order valence-corrected chi connectivity index (χ0v) is 17.9. The Morgan fingerprint density at radius 2 is 2.03 bits per heavy atom. The van der Waals surface area contributed by atoms with Crippen LogP contribution in [0.2, 0.25) is 5.02 Å². The van der Waals surface area contributed by atoms with E-state index >= 15 is 0 Å². The fraction of sp³-hybridized carbons (Fsp3) is 0.435. The number of ether oxygens (including phenoxy) is 1. The molecule has 158 valence electrons. The molecular formula is C23H27ClN4O2. The van der Waals surface area contributed by atoms with Gasteiger partial charge in [0.1, 0.15) is 6.10 Å². The Kier molecular flexibility index (Phi) is 6.65. The zero-order chi connectivity index (χ0) is 20.9. The van der Waals surface area contributed by atoms with Crippen LogP contribution in [0.5, 0.6) is 5.88 Å². The number of pyridine rings is 1. The second-order valence-corrected chi connectivity index (χ2v) is 8.54. The van der Waals surface area contributed by atoms with Crippen molar-refractivity contribution in [2.45, 2.75) is 38.3 Å². The minimum Gasteiger partial charge on any atom is -0.474 e. The molecule has 7 heteroatoms. The molecule has 1 aliphatic carbocycles. The molecule has 1 aromatic heterocycles. The average molecular weight is 427 g/mol. The second kappa shape index (κ2) is 9.58. The van der Waals surface area contributed by atoms with Gasteiger partial charge in [-0.2, -0.15) is 0 Å². The van der Waals surface area contributed by atoms with Crippen molar-refractivity contribution in [3.8, 4) is 5.88 Å². The van der Waals surface area contributed by atoms with Crippen molar-refractivity contribution in [1.29, 1.82) is 0 Å². The number of hydrogen-bond acceptors (Lipinski definition) is 5. The lowest BCUT2D eigenvalue weighted by Gasteiger charge is -2.28. The van der Waals surface area contributed by atoms with Crippen molar-refractivity contribution in [3.05, 3.63) is 53.2 Å². The van der Waals surface area contributed by atoms with Gasteiger partial charge in [-0.05, 0) is 62.6 Å². The van der Waals surface area contributed by atoms with Crippen LogP contribution in [0.3, 0.4) is 0 Å². The third kappa shape index (κ3) is 5.37. The first-order valence-electron chi connectivity index (χ1n) is 10.5. The van der Waals surface area contributed by atoms with Crippen LogP contribution in [0, 0.1) is 5.92 Å². The van der Waals surface area contributed by atoms with Gasteiger partial charge in [-0.25, -0.2) is 4.98 Å². The third-order valence-electron chi connectivity index (χ3n) is 5.65. The molecule has 0 atom stereocenters.